The van der Waals surface area contributed by atoms with Gasteiger partial charge in [0.05, 0.1) is 24.7 Å². The molecule has 2 aromatic carbocycles. The Morgan fingerprint density at radius 2 is 1.73 bits per heavy atom. The molecular weight excluding hydrogens is 412 g/mol. The number of nitrogens with zero attached hydrogens (tertiary/aromatic N) is 3. The van der Waals surface area contributed by atoms with Gasteiger partial charge in [0.25, 0.3) is 10.0 Å². The van der Waals surface area contributed by atoms with Crippen molar-refractivity contribution in [2.24, 2.45) is 12.9 Å². The van der Waals surface area contributed by atoms with Crippen molar-refractivity contribution in [3.05, 3.63) is 71.9 Å². The van der Waals surface area contributed by atoms with E-state index >= 15 is 0 Å². The lowest BCUT2D eigenvalue weighted by atomic mass is 10.2. The Morgan fingerprint density at radius 3 is 2.27 bits per heavy atom. The van der Waals surface area contributed by atoms with Crippen molar-refractivity contribution < 1.29 is 28.3 Å². The first-order valence-corrected chi connectivity index (χ1v) is 10.0. The minimum absolute atomic E-state index is 0.0155. The van der Waals surface area contributed by atoms with Gasteiger partial charge in [-0.3, -0.25) is 4.68 Å². The summed E-state index contributed by atoms with van der Waals surface area (Å²) >= 11 is 0. The highest BCUT2D eigenvalue weighted by Gasteiger charge is 2.31. The standard InChI is InChI=1S/C19H19N3O5S.H3NO/c1-21-18(17(12-20-21)19(23)24)22(13-14-6-4-3-5-7-14)28(25,26)16-10-8-15(27-2)9-11-16;1-2/h3-12H,13H2,1-2H3,(H,23,24);2H,1H2. The zero-order valence-electron chi connectivity index (χ0n) is 16.3. The van der Waals surface area contributed by atoms with Gasteiger partial charge in [-0.2, -0.15) is 5.10 Å². The van der Waals surface area contributed by atoms with Crippen molar-refractivity contribution in [2.75, 3.05) is 11.4 Å². The average molecular weight is 434 g/mol. The second kappa shape index (κ2) is 9.87. The maximum Gasteiger partial charge on any atom is 0.341 e. The molecule has 0 saturated heterocycles. The van der Waals surface area contributed by atoms with E-state index in [0.717, 1.165) is 10.5 Å². The van der Waals surface area contributed by atoms with Crippen LogP contribution in [0.5, 0.6) is 5.75 Å². The third-order valence-corrected chi connectivity index (χ3v) is 5.94. The number of anilines is 1. The van der Waals surface area contributed by atoms with Crippen molar-refractivity contribution in [1.29, 1.82) is 0 Å². The summed E-state index contributed by atoms with van der Waals surface area (Å²) in [5.74, 6) is 2.73. The summed E-state index contributed by atoms with van der Waals surface area (Å²) in [5.41, 5.74) is 0.507. The Hall–Kier alpha value is -3.41. The lowest BCUT2D eigenvalue weighted by Gasteiger charge is -2.25. The molecule has 11 heteroatoms. The number of methoxy groups -OCH3 is 1. The summed E-state index contributed by atoms with van der Waals surface area (Å²) in [6, 6.07) is 14.8. The van der Waals surface area contributed by atoms with Crippen LogP contribution in [0.1, 0.15) is 15.9 Å². The van der Waals surface area contributed by atoms with Gasteiger partial charge in [-0.05, 0) is 29.8 Å². The maximum atomic E-state index is 13.4. The van der Waals surface area contributed by atoms with Gasteiger partial charge in [0.1, 0.15) is 11.3 Å². The van der Waals surface area contributed by atoms with E-state index in [-0.39, 0.29) is 22.8 Å². The molecule has 0 fully saturated rings. The Morgan fingerprint density at radius 1 is 1.13 bits per heavy atom. The summed E-state index contributed by atoms with van der Waals surface area (Å²) in [5, 5.41) is 20.0. The number of rotatable bonds is 7. The number of carboxylic acid groups (broad SMARTS) is 1. The predicted octanol–water partition coefficient (Wildman–Crippen LogP) is 1.86. The fraction of sp³-hybridized carbons (Fsp3) is 0.158. The summed E-state index contributed by atoms with van der Waals surface area (Å²) in [6.45, 7) is -0.0466. The van der Waals surface area contributed by atoms with Crippen molar-refractivity contribution in [2.45, 2.75) is 11.4 Å². The molecular formula is C19H22N4O6S. The smallest absolute Gasteiger partial charge is 0.341 e. The second-order valence-electron chi connectivity index (χ2n) is 5.98. The quantitative estimate of drug-likeness (QED) is 0.477. The van der Waals surface area contributed by atoms with Crippen LogP contribution in [0.3, 0.4) is 0 Å². The molecule has 10 nitrogen and oxygen atoms in total. The van der Waals surface area contributed by atoms with Crippen molar-refractivity contribution in [3.63, 3.8) is 0 Å². The van der Waals surface area contributed by atoms with Gasteiger partial charge in [-0.15, -0.1) is 0 Å². The first-order valence-electron chi connectivity index (χ1n) is 8.56. The number of hydrogen-bond acceptors (Lipinski definition) is 7. The van der Waals surface area contributed by atoms with Crippen molar-refractivity contribution >= 4 is 21.8 Å². The number of benzene rings is 2. The second-order valence-corrected chi connectivity index (χ2v) is 7.85. The Balaban J connectivity index is 0.00000155. The largest absolute Gasteiger partial charge is 0.497 e. The van der Waals surface area contributed by atoms with Gasteiger partial charge >= 0.3 is 5.97 Å². The first-order chi connectivity index (χ1) is 14.3. The lowest BCUT2D eigenvalue weighted by Crippen LogP contribution is -2.33. The van der Waals surface area contributed by atoms with Gasteiger partial charge in [-0.25, -0.2) is 23.4 Å². The molecule has 3 aromatic rings. The maximum absolute atomic E-state index is 13.4. The minimum Gasteiger partial charge on any atom is -0.497 e. The first kappa shape index (κ1) is 22.9. The summed E-state index contributed by atoms with van der Waals surface area (Å²) < 4.78 is 34.2. The van der Waals surface area contributed by atoms with Crippen LogP contribution in [0.25, 0.3) is 0 Å². The van der Waals surface area contributed by atoms with Gasteiger partial charge in [0.15, 0.2) is 5.82 Å². The summed E-state index contributed by atoms with van der Waals surface area (Å²) in [7, 11) is -1.08. The molecule has 0 aliphatic heterocycles. The zero-order chi connectivity index (χ0) is 22.3. The van der Waals surface area contributed by atoms with Crippen LogP contribution < -0.4 is 14.9 Å². The normalized spacial score (nSPS) is 10.7. The SMILES string of the molecule is COc1ccc(S(=O)(=O)N(Cc2ccccc2)c2c(C(=O)O)cnn2C)cc1.NO. The van der Waals surface area contributed by atoms with Crippen LogP contribution in [-0.2, 0) is 23.6 Å². The number of carbonyl (C=O) groups is 1. The predicted molar refractivity (Wildman–Crippen MR) is 109 cm³/mol. The molecule has 4 N–H and O–H groups in total. The molecule has 30 heavy (non-hydrogen) atoms. The van der Waals surface area contributed by atoms with Crippen LogP contribution in [-0.4, -0.2) is 41.6 Å². The van der Waals surface area contributed by atoms with E-state index in [1.54, 1.807) is 24.3 Å². The Labute approximate surface area is 173 Å². The number of aromatic nitrogens is 2. The van der Waals surface area contributed by atoms with Crippen LogP contribution in [0.2, 0.25) is 0 Å². The molecule has 0 atom stereocenters. The van der Waals surface area contributed by atoms with Crippen LogP contribution in [0.4, 0.5) is 5.82 Å². The van der Waals surface area contributed by atoms with Gasteiger partial charge in [-0.1, -0.05) is 30.3 Å². The summed E-state index contributed by atoms with van der Waals surface area (Å²) in [4.78, 5) is 11.7. The number of aryl methyl sites for hydroxylation is 1. The van der Waals surface area contributed by atoms with E-state index in [4.69, 9.17) is 9.94 Å². The average Bonchev–Trinajstić information content (AvgIpc) is 3.15. The molecule has 0 saturated carbocycles. The fourth-order valence-corrected chi connectivity index (χ4v) is 4.27. The number of hydrogen-bond donors (Lipinski definition) is 3. The van der Waals surface area contributed by atoms with E-state index < -0.39 is 16.0 Å². The highest BCUT2D eigenvalue weighted by molar-refractivity contribution is 7.92. The molecule has 3 rings (SSSR count). The van der Waals surface area contributed by atoms with Gasteiger partial charge in [0, 0.05) is 7.05 Å². The molecule has 0 amide bonds. The topological polar surface area (TPSA) is 148 Å². The summed E-state index contributed by atoms with van der Waals surface area (Å²) in [6.07, 6.45) is 1.14. The lowest BCUT2D eigenvalue weighted by molar-refractivity contribution is 0.0697. The minimum atomic E-state index is -4.07. The van der Waals surface area contributed by atoms with Crippen LogP contribution in [0, 0.1) is 0 Å². The third-order valence-electron chi connectivity index (χ3n) is 4.19. The molecule has 0 radical (unpaired) electrons. The monoisotopic (exact) mass is 434 g/mol. The Kier molecular flexibility index (Phi) is 7.53. The number of sulfonamides is 1. The Bertz CT molecular complexity index is 1080. The van der Waals surface area contributed by atoms with Crippen LogP contribution >= 0.6 is 0 Å². The van der Waals surface area contributed by atoms with Gasteiger partial charge < -0.3 is 15.1 Å². The van der Waals surface area contributed by atoms with Crippen molar-refractivity contribution in [3.8, 4) is 5.75 Å². The number of ether oxygens (including phenoxy) is 1. The molecule has 0 aliphatic carbocycles. The van der Waals surface area contributed by atoms with E-state index in [2.05, 4.69) is 11.0 Å². The molecule has 0 unspecified atom stereocenters. The highest BCUT2D eigenvalue weighted by atomic mass is 32.2. The number of carboxylic acids is 1. The van der Waals surface area contributed by atoms with E-state index in [0.29, 0.717) is 11.3 Å². The molecule has 1 aromatic heterocycles. The highest BCUT2D eigenvalue weighted by Crippen LogP contribution is 2.29. The molecule has 160 valence electrons. The van der Waals surface area contributed by atoms with Crippen LogP contribution in [0.15, 0.2) is 65.7 Å². The van der Waals surface area contributed by atoms with E-state index in [1.165, 1.54) is 43.1 Å². The van der Waals surface area contributed by atoms with E-state index in [1.807, 2.05) is 6.07 Å². The fourth-order valence-electron chi connectivity index (χ4n) is 2.78. The molecule has 0 bridgehead atoms. The number of nitrogens with two attached hydrogens (primary N) is 1. The zero-order valence-corrected chi connectivity index (χ0v) is 17.2. The molecule has 1 heterocycles. The van der Waals surface area contributed by atoms with Gasteiger partial charge in [0.2, 0.25) is 0 Å². The molecule has 0 spiro atoms. The van der Waals surface area contributed by atoms with Crippen molar-refractivity contribution in [1.82, 2.24) is 9.78 Å². The number of aromatic carboxylic acids is 1. The van der Waals surface area contributed by atoms with E-state index in [9.17, 15) is 18.3 Å². The molecule has 0 aliphatic rings. The third kappa shape index (κ3) is 4.76.